The molecule has 1 fully saturated rings. The van der Waals surface area contributed by atoms with E-state index in [-0.39, 0.29) is 12.0 Å². The third-order valence-corrected chi connectivity index (χ3v) is 2.16. The van der Waals surface area contributed by atoms with Crippen molar-refractivity contribution in [2.75, 3.05) is 13.2 Å². The third kappa shape index (κ3) is 1.70. The first kappa shape index (κ1) is 7.54. The molecular formula is C7H13NO2. The van der Waals surface area contributed by atoms with Gasteiger partial charge in [0.1, 0.15) is 0 Å². The van der Waals surface area contributed by atoms with Crippen LogP contribution in [0.2, 0.25) is 0 Å². The van der Waals surface area contributed by atoms with Crippen LogP contribution in [0.25, 0.3) is 0 Å². The maximum atomic E-state index is 9.91. The van der Waals surface area contributed by atoms with Crippen molar-refractivity contribution in [1.82, 2.24) is 5.32 Å². The van der Waals surface area contributed by atoms with Crippen molar-refractivity contribution >= 4 is 6.41 Å². The second-order valence-electron chi connectivity index (χ2n) is 2.97. The molecule has 1 saturated carbocycles. The molecule has 3 heteroatoms. The molecule has 0 spiro atoms. The lowest BCUT2D eigenvalue weighted by Crippen LogP contribution is -2.23. The van der Waals surface area contributed by atoms with Gasteiger partial charge >= 0.3 is 0 Å². The Hall–Kier alpha value is -0.570. The van der Waals surface area contributed by atoms with Crippen molar-refractivity contribution < 1.29 is 9.90 Å². The molecule has 0 aromatic carbocycles. The minimum Gasteiger partial charge on any atom is -0.396 e. The van der Waals surface area contributed by atoms with Crippen molar-refractivity contribution in [1.29, 1.82) is 0 Å². The molecule has 0 atom stereocenters. The summed E-state index contributed by atoms with van der Waals surface area (Å²) in [5.41, 5.74) is 0.260. The van der Waals surface area contributed by atoms with E-state index in [4.69, 9.17) is 5.11 Å². The Kier molecular flexibility index (Phi) is 2.27. The lowest BCUT2D eigenvalue weighted by molar-refractivity contribution is -0.109. The van der Waals surface area contributed by atoms with E-state index in [2.05, 4.69) is 5.32 Å². The fourth-order valence-corrected chi connectivity index (χ4v) is 1.19. The molecule has 1 amide bonds. The number of hydrogen-bond acceptors (Lipinski definition) is 2. The van der Waals surface area contributed by atoms with E-state index in [1.807, 2.05) is 0 Å². The number of carbonyl (C=O) groups excluding carboxylic acids is 1. The average molecular weight is 143 g/mol. The lowest BCUT2D eigenvalue weighted by atomic mass is 10.0. The fourth-order valence-electron chi connectivity index (χ4n) is 1.19. The molecule has 0 heterocycles. The average Bonchev–Trinajstić information content (AvgIpc) is 2.67. The summed E-state index contributed by atoms with van der Waals surface area (Å²) in [4.78, 5) is 9.91. The molecular weight excluding hydrogens is 130 g/mol. The predicted octanol–water partition coefficient (Wildman–Crippen LogP) is -0.105. The smallest absolute Gasteiger partial charge is 0.207 e. The summed E-state index contributed by atoms with van der Waals surface area (Å²) in [5.74, 6) is 0. The van der Waals surface area contributed by atoms with Gasteiger partial charge in [-0.05, 0) is 24.7 Å². The third-order valence-electron chi connectivity index (χ3n) is 2.16. The predicted molar refractivity (Wildman–Crippen MR) is 37.4 cm³/mol. The first-order valence-electron chi connectivity index (χ1n) is 3.61. The highest BCUT2D eigenvalue weighted by Crippen LogP contribution is 2.47. The normalized spacial score (nSPS) is 20.1. The number of carbonyl (C=O) groups is 1. The van der Waals surface area contributed by atoms with Crippen LogP contribution < -0.4 is 5.32 Å². The van der Waals surface area contributed by atoms with E-state index >= 15 is 0 Å². The van der Waals surface area contributed by atoms with Gasteiger partial charge in [-0.2, -0.15) is 0 Å². The summed E-state index contributed by atoms with van der Waals surface area (Å²) in [6.45, 7) is 0.970. The highest BCUT2D eigenvalue weighted by Gasteiger charge is 2.41. The standard InChI is InChI=1S/C7H13NO2/c9-4-3-7(1-2-7)5-8-6-10/h6,9H,1-5H2,(H,8,10). The molecule has 0 saturated heterocycles. The Bertz CT molecular complexity index is 121. The lowest BCUT2D eigenvalue weighted by Gasteiger charge is -2.10. The largest absolute Gasteiger partial charge is 0.396 e. The van der Waals surface area contributed by atoms with Crippen LogP contribution in [0.5, 0.6) is 0 Å². The maximum Gasteiger partial charge on any atom is 0.207 e. The molecule has 2 N–H and O–H groups in total. The van der Waals surface area contributed by atoms with E-state index in [0.717, 1.165) is 32.2 Å². The van der Waals surface area contributed by atoms with Crippen LogP contribution in [-0.4, -0.2) is 24.7 Å². The fraction of sp³-hybridized carbons (Fsp3) is 0.857. The molecule has 1 aliphatic carbocycles. The van der Waals surface area contributed by atoms with Gasteiger partial charge in [-0.1, -0.05) is 0 Å². The molecule has 1 aliphatic rings. The van der Waals surface area contributed by atoms with Gasteiger partial charge < -0.3 is 10.4 Å². The van der Waals surface area contributed by atoms with Crippen molar-refractivity contribution in [3.8, 4) is 0 Å². The molecule has 10 heavy (non-hydrogen) atoms. The van der Waals surface area contributed by atoms with Crippen LogP contribution in [0.4, 0.5) is 0 Å². The molecule has 0 bridgehead atoms. The number of nitrogens with one attached hydrogen (secondary N) is 1. The quantitative estimate of drug-likeness (QED) is 0.528. The number of rotatable bonds is 5. The van der Waals surface area contributed by atoms with Crippen LogP contribution in [0, 0.1) is 5.41 Å². The van der Waals surface area contributed by atoms with E-state index < -0.39 is 0 Å². The number of aliphatic hydroxyl groups excluding tert-OH is 1. The number of amides is 1. The summed E-state index contributed by atoms with van der Waals surface area (Å²) in [6.07, 6.45) is 3.84. The van der Waals surface area contributed by atoms with Crippen molar-refractivity contribution in [3.63, 3.8) is 0 Å². The summed E-state index contributed by atoms with van der Waals surface area (Å²) >= 11 is 0. The Labute approximate surface area is 60.4 Å². The summed E-state index contributed by atoms with van der Waals surface area (Å²) < 4.78 is 0. The zero-order chi connectivity index (χ0) is 7.45. The Morgan fingerprint density at radius 1 is 1.60 bits per heavy atom. The van der Waals surface area contributed by atoms with Gasteiger partial charge in [-0.15, -0.1) is 0 Å². The van der Waals surface area contributed by atoms with Gasteiger partial charge in [-0.25, -0.2) is 0 Å². The summed E-state index contributed by atoms with van der Waals surface area (Å²) in [6, 6.07) is 0. The Morgan fingerprint density at radius 3 is 2.70 bits per heavy atom. The van der Waals surface area contributed by atoms with Gasteiger partial charge in [0.15, 0.2) is 0 Å². The molecule has 0 aliphatic heterocycles. The van der Waals surface area contributed by atoms with E-state index in [0.29, 0.717) is 0 Å². The van der Waals surface area contributed by atoms with E-state index in [9.17, 15) is 4.79 Å². The van der Waals surface area contributed by atoms with Crippen LogP contribution in [-0.2, 0) is 4.79 Å². The number of hydrogen-bond donors (Lipinski definition) is 2. The molecule has 0 unspecified atom stereocenters. The van der Waals surface area contributed by atoms with Gasteiger partial charge in [0, 0.05) is 13.2 Å². The minimum absolute atomic E-state index is 0.237. The highest BCUT2D eigenvalue weighted by molar-refractivity contribution is 5.46. The molecule has 0 aromatic heterocycles. The van der Waals surface area contributed by atoms with E-state index in [1.54, 1.807) is 0 Å². The first-order chi connectivity index (χ1) is 4.83. The summed E-state index contributed by atoms with van der Waals surface area (Å²) in [7, 11) is 0. The molecule has 0 radical (unpaired) electrons. The highest BCUT2D eigenvalue weighted by atomic mass is 16.3. The summed E-state index contributed by atoms with van der Waals surface area (Å²) in [5, 5.41) is 11.3. The maximum absolute atomic E-state index is 9.91. The van der Waals surface area contributed by atoms with E-state index in [1.165, 1.54) is 0 Å². The monoisotopic (exact) mass is 143 g/mol. The van der Waals surface area contributed by atoms with Crippen LogP contribution in [0.15, 0.2) is 0 Å². The topological polar surface area (TPSA) is 49.3 Å². The molecule has 1 rings (SSSR count). The van der Waals surface area contributed by atoms with Crippen molar-refractivity contribution in [2.45, 2.75) is 19.3 Å². The van der Waals surface area contributed by atoms with Crippen molar-refractivity contribution in [2.24, 2.45) is 5.41 Å². The second kappa shape index (κ2) is 3.01. The van der Waals surface area contributed by atoms with Gasteiger partial charge in [-0.3, -0.25) is 4.79 Å². The molecule has 58 valence electrons. The van der Waals surface area contributed by atoms with Gasteiger partial charge in [0.2, 0.25) is 6.41 Å². The molecule has 3 nitrogen and oxygen atoms in total. The SMILES string of the molecule is O=CNCC1(CCO)CC1. The van der Waals surface area contributed by atoms with Gasteiger partial charge in [0.05, 0.1) is 0 Å². The second-order valence-corrected chi connectivity index (χ2v) is 2.97. The van der Waals surface area contributed by atoms with Crippen LogP contribution in [0.1, 0.15) is 19.3 Å². The number of aliphatic hydroxyl groups is 1. The van der Waals surface area contributed by atoms with Gasteiger partial charge in [0.25, 0.3) is 0 Å². The Morgan fingerprint density at radius 2 is 2.30 bits per heavy atom. The zero-order valence-electron chi connectivity index (χ0n) is 5.97. The minimum atomic E-state index is 0.237. The first-order valence-corrected chi connectivity index (χ1v) is 3.61. The van der Waals surface area contributed by atoms with Crippen molar-refractivity contribution in [3.05, 3.63) is 0 Å². The molecule has 0 aromatic rings. The Balaban J connectivity index is 2.16. The zero-order valence-corrected chi connectivity index (χ0v) is 5.97. The van der Waals surface area contributed by atoms with Crippen LogP contribution >= 0.6 is 0 Å². The van der Waals surface area contributed by atoms with Crippen LogP contribution in [0.3, 0.4) is 0 Å².